The Morgan fingerprint density at radius 1 is 1.11 bits per heavy atom. The Bertz CT molecular complexity index is 1660. The predicted octanol–water partition coefficient (Wildman–Crippen LogP) is 2.30. The van der Waals surface area contributed by atoms with Crippen molar-refractivity contribution in [2.45, 2.75) is 13.5 Å². The molecular formula is C23H17F3N8O2. The highest BCUT2D eigenvalue weighted by Gasteiger charge is 2.27. The number of nitrogens with zero attached hydrogens (tertiary/aromatic N) is 6. The van der Waals surface area contributed by atoms with E-state index in [1.165, 1.54) is 24.5 Å². The van der Waals surface area contributed by atoms with Gasteiger partial charge in [-0.2, -0.15) is 9.65 Å². The molecule has 10 nitrogen and oxygen atoms in total. The van der Waals surface area contributed by atoms with Gasteiger partial charge in [0.05, 0.1) is 35.0 Å². The second-order valence-corrected chi connectivity index (χ2v) is 7.65. The van der Waals surface area contributed by atoms with E-state index in [-0.39, 0.29) is 28.3 Å². The zero-order chi connectivity index (χ0) is 26.1. The molecule has 3 aromatic heterocycles. The number of rotatable bonds is 5. The number of nitrogen functional groups attached to an aromatic ring is 1. The van der Waals surface area contributed by atoms with Gasteiger partial charge in [-0.1, -0.05) is 0 Å². The lowest BCUT2D eigenvalue weighted by atomic mass is 10.1. The van der Waals surface area contributed by atoms with Crippen molar-refractivity contribution in [1.82, 2.24) is 19.1 Å². The van der Waals surface area contributed by atoms with Crippen LogP contribution in [0.1, 0.15) is 5.56 Å². The first-order chi connectivity index (χ1) is 17.1. The van der Waals surface area contributed by atoms with Crippen molar-refractivity contribution >= 4 is 17.1 Å². The van der Waals surface area contributed by atoms with Crippen LogP contribution >= 0.6 is 0 Å². The maximum Gasteiger partial charge on any atom is 0.337 e. The van der Waals surface area contributed by atoms with E-state index in [2.05, 4.69) is 9.97 Å². The lowest BCUT2D eigenvalue weighted by Gasteiger charge is -2.25. The van der Waals surface area contributed by atoms with E-state index in [9.17, 15) is 28.0 Å². The number of anilines is 3. The molecule has 0 aliphatic heterocycles. The molecule has 4 rings (SSSR count). The molecule has 0 fully saturated rings. The highest BCUT2D eigenvalue weighted by Crippen LogP contribution is 2.34. The number of hydrogen-bond acceptors (Lipinski definition) is 8. The molecule has 0 spiro atoms. The van der Waals surface area contributed by atoms with Crippen LogP contribution in [0.15, 0.2) is 58.5 Å². The Hall–Kier alpha value is -4.96. The first kappa shape index (κ1) is 24.2. The van der Waals surface area contributed by atoms with E-state index >= 15 is 0 Å². The number of halogens is 3. The number of nitrogens with two attached hydrogens (primary N) is 2. The van der Waals surface area contributed by atoms with Gasteiger partial charge in [-0.05, 0) is 24.6 Å². The highest BCUT2D eigenvalue weighted by atomic mass is 19.2. The quantitative estimate of drug-likeness (QED) is 0.186. The molecule has 3 heterocycles. The minimum absolute atomic E-state index is 0.0342. The molecule has 0 radical (unpaired) electrons. The van der Waals surface area contributed by atoms with E-state index < -0.39 is 41.1 Å². The molecule has 1 aromatic carbocycles. The molecule has 0 atom stereocenters. The van der Waals surface area contributed by atoms with Crippen molar-refractivity contribution in [3.8, 4) is 23.0 Å². The monoisotopic (exact) mass is 494 g/mol. The molecule has 0 saturated heterocycles. The summed E-state index contributed by atoms with van der Waals surface area (Å²) in [5.74, 6) is 2.73. The molecule has 0 saturated carbocycles. The van der Waals surface area contributed by atoms with Crippen molar-refractivity contribution < 1.29 is 13.2 Å². The molecule has 182 valence electrons. The molecule has 4 N–H and O–H groups in total. The fourth-order valence-electron chi connectivity index (χ4n) is 3.68. The van der Waals surface area contributed by atoms with Crippen LogP contribution < -0.4 is 27.8 Å². The van der Waals surface area contributed by atoms with Crippen LogP contribution in [-0.4, -0.2) is 19.1 Å². The zero-order valence-corrected chi connectivity index (χ0v) is 18.6. The van der Waals surface area contributed by atoms with E-state index in [0.717, 1.165) is 16.8 Å². The fourth-order valence-corrected chi connectivity index (χ4v) is 3.68. The average molecular weight is 494 g/mol. The van der Waals surface area contributed by atoms with Crippen molar-refractivity contribution in [3.05, 3.63) is 92.9 Å². The Balaban J connectivity index is 2.18. The second-order valence-electron chi connectivity index (χ2n) is 7.65. The molecule has 0 bridgehead atoms. The van der Waals surface area contributed by atoms with Crippen LogP contribution in [0, 0.1) is 35.8 Å². The van der Waals surface area contributed by atoms with Crippen LogP contribution in [-0.2, 0) is 6.54 Å². The standard InChI is InChI=1S/C23H17F3N8O2/c1-12-6-14(11-30-10-12)33-22(35)21(34(29)18-9-16(25)15(24)8-17(18)28)20(32(5-3-27)23(33)36)13-2-4-31-19(26)7-13/h2,4,6-11H,5,28-29H2,1H3. The van der Waals surface area contributed by atoms with Crippen molar-refractivity contribution in [1.29, 1.82) is 5.26 Å². The maximum absolute atomic E-state index is 14.1. The lowest BCUT2D eigenvalue weighted by Crippen LogP contribution is -2.44. The predicted molar refractivity (Wildman–Crippen MR) is 125 cm³/mol. The number of benzene rings is 1. The summed E-state index contributed by atoms with van der Waals surface area (Å²) in [7, 11) is 0. The van der Waals surface area contributed by atoms with Gasteiger partial charge in [-0.15, -0.1) is 0 Å². The molecule has 0 aliphatic carbocycles. The van der Waals surface area contributed by atoms with E-state index in [1.807, 2.05) is 6.07 Å². The number of aromatic nitrogens is 4. The lowest BCUT2D eigenvalue weighted by molar-refractivity contribution is 0.509. The summed E-state index contributed by atoms with van der Waals surface area (Å²) in [5, 5.41) is 10.1. The number of nitriles is 1. The third kappa shape index (κ3) is 4.17. The molecule has 0 aliphatic rings. The third-order valence-corrected chi connectivity index (χ3v) is 5.24. The second kappa shape index (κ2) is 9.35. The van der Waals surface area contributed by atoms with Gasteiger partial charge in [0, 0.05) is 36.2 Å². The number of hydrazine groups is 1. The summed E-state index contributed by atoms with van der Waals surface area (Å²) in [6.45, 7) is 1.10. The van der Waals surface area contributed by atoms with E-state index in [0.29, 0.717) is 27.3 Å². The first-order valence-electron chi connectivity index (χ1n) is 10.2. The van der Waals surface area contributed by atoms with Gasteiger partial charge in [0.15, 0.2) is 11.6 Å². The Kier molecular flexibility index (Phi) is 6.28. The summed E-state index contributed by atoms with van der Waals surface area (Å²) in [4.78, 5) is 34.8. The normalized spacial score (nSPS) is 10.8. The molecule has 0 amide bonds. The summed E-state index contributed by atoms with van der Waals surface area (Å²) >= 11 is 0. The van der Waals surface area contributed by atoms with Crippen LogP contribution in [0.2, 0.25) is 0 Å². The first-order valence-corrected chi connectivity index (χ1v) is 10.2. The summed E-state index contributed by atoms with van der Waals surface area (Å²) in [6.07, 6.45) is 3.82. The Labute approximate surface area is 201 Å². The molecule has 13 heteroatoms. The van der Waals surface area contributed by atoms with E-state index in [4.69, 9.17) is 11.6 Å². The van der Waals surface area contributed by atoms with Crippen LogP contribution in [0.25, 0.3) is 16.9 Å². The van der Waals surface area contributed by atoms with Gasteiger partial charge in [0.2, 0.25) is 5.95 Å². The van der Waals surface area contributed by atoms with Crippen molar-refractivity contribution in [2.75, 3.05) is 10.7 Å². The van der Waals surface area contributed by atoms with Crippen molar-refractivity contribution in [3.63, 3.8) is 0 Å². The molecule has 4 aromatic rings. The van der Waals surface area contributed by atoms with Gasteiger partial charge >= 0.3 is 5.69 Å². The maximum atomic E-state index is 14.1. The van der Waals surface area contributed by atoms with Gasteiger partial charge in [-0.25, -0.2) is 29.0 Å². The molecular weight excluding hydrogens is 477 g/mol. The SMILES string of the molecule is Cc1cncc(-n2c(=O)c(N(N)c3cc(F)c(F)cc3N)c(-c3ccnc(F)c3)n(CC#N)c2=O)c1. The van der Waals surface area contributed by atoms with Gasteiger partial charge in [0.25, 0.3) is 5.56 Å². The smallest absolute Gasteiger partial charge is 0.337 e. The van der Waals surface area contributed by atoms with Crippen LogP contribution in [0.5, 0.6) is 0 Å². The molecule has 36 heavy (non-hydrogen) atoms. The Morgan fingerprint density at radius 3 is 2.50 bits per heavy atom. The Morgan fingerprint density at radius 2 is 1.83 bits per heavy atom. The molecule has 0 unspecified atom stereocenters. The fraction of sp³-hybridized carbons (Fsp3) is 0.0870. The van der Waals surface area contributed by atoms with Gasteiger partial charge in [0.1, 0.15) is 12.2 Å². The third-order valence-electron chi connectivity index (χ3n) is 5.24. The summed E-state index contributed by atoms with van der Waals surface area (Å²) in [5.41, 5.74) is 3.12. The average Bonchev–Trinajstić information content (AvgIpc) is 2.82. The minimum Gasteiger partial charge on any atom is -0.397 e. The van der Waals surface area contributed by atoms with Crippen molar-refractivity contribution in [2.24, 2.45) is 5.84 Å². The summed E-state index contributed by atoms with van der Waals surface area (Å²) < 4.78 is 43.5. The number of hydrogen-bond donors (Lipinski definition) is 2. The zero-order valence-electron chi connectivity index (χ0n) is 18.6. The minimum atomic E-state index is -1.31. The highest BCUT2D eigenvalue weighted by molar-refractivity contribution is 5.82. The van der Waals surface area contributed by atoms with Crippen LogP contribution in [0.4, 0.5) is 30.2 Å². The van der Waals surface area contributed by atoms with Crippen LogP contribution in [0.3, 0.4) is 0 Å². The van der Waals surface area contributed by atoms with Gasteiger partial charge in [-0.3, -0.25) is 19.4 Å². The summed E-state index contributed by atoms with van der Waals surface area (Å²) in [6, 6.07) is 6.86. The number of aryl methyl sites for hydroxylation is 1. The van der Waals surface area contributed by atoms with E-state index in [1.54, 1.807) is 6.92 Å². The topological polar surface area (TPSA) is 149 Å². The number of pyridine rings is 2. The van der Waals surface area contributed by atoms with Gasteiger partial charge < -0.3 is 5.73 Å². The largest absolute Gasteiger partial charge is 0.397 e.